The van der Waals surface area contributed by atoms with Gasteiger partial charge >= 0.3 is 5.63 Å². The van der Waals surface area contributed by atoms with Gasteiger partial charge in [0.2, 0.25) is 0 Å². The maximum atomic E-state index is 11.8. The van der Waals surface area contributed by atoms with Gasteiger partial charge in [0.15, 0.2) is 0 Å². The van der Waals surface area contributed by atoms with Gasteiger partial charge in [0.25, 0.3) is 5.56 Å². The molecule has 0 bridgehead atoms. The Morgan fingerprint density at radius 2 is 2.06 bits per heavy atom. The highest BCUT2D eigenvalue weighted by Crippen LogP contribution is 2.10. The molecule has 0 N–H and O–H groups in total. The Bertz CT molecular complexity index is 732. The first-order valence-electron chi connectivity index (χ1n) is 4.59. The Morgan fingerprint density at radius 1 is 1.38 bits per heavy atom. The van der Waals surface area contributed by atoms with Crippen LogP contribution in [0.1, 0.15) is 11.3 Å². The van der Waals surface area contributed by atoms with Crippen molar-refractivity contribution in [2.45, 2.75) is 6.92 Å². The van der Waals surface area contributed by atoms with Crippen molar-refractivity contribution in [2.24, 2.45) is 7.05 Å². The van der Waals surface area contributed by atoms with Crippen LogP contribution >= 0.6 is 0 Å². The van der Waals surface area contributed by atoms with Crippen molar-refractivity contribution >= 4 is 11.0 Å². The molecule has 0 aromatic carbocycles. The van der Waals surface area contributed by atoms with E-state index in [9.17, 15) is 9.59 Å². The van der Waals surface area contributed by atoms with Crippen LogP contribution in [0, 0.1) is 18.3 Å². The Kier molecular flexibility index (Phi) is 2.13. The Balaban J connectivity index is 3.06. The zero-order valence-corrected chi connectivity index (χ0v) is 8.77. The highest BCUT2D eigenvalue weighted by Gasteiger charge is 2.09. The number of aryl methyl sites for hydroxylation is 1. The third-order valence-corrected chi connectivity index (χ3v) is 2.50. The number of hydrogen-bond donors (Lipinski definition) is 0. The van der Waals surface area contributed by atoms with Crippen LogP contribution in [0.25, 0.3) is 11.0 Å². The summed E-state index contributed by atoms with van der Waals surface area (Å²) in [5, 5.41) is 8.91. The lowest BCUT2D eigenvalue weighted by Crippen LogP contribution is -2.20. The molecule has 0 radical (unpaired) electrons. The number of fused-ring (bicyclic) bond motifs is 1. The second-order valence-electron chi connectivity index (χ2n) is 3.49. The fourth-order valence-corrected chi connectivity index (χ4v) is 1.46. The van der Waals surface area contributed by atoms with Crippen LogP contribution in [0.5, 0.6) is 0 Å². The van der Waals surface area contributed by atoms with Gasteiger partial charge in [0, 0.05) is 18.8 Å². The summed E-state index contributed by atoms with van der Waals surface area (Å²) in [5.74, 6) is 0. The summed E-state index contributed by atoms with van der Waals surface area (Å²) in [4.78, 5) is 23.1. The molecule has 0 aliphatic rings. The predicted molar refractivity (Wildman–Crippen MR) is 57.2 cm³/mol. The molecule has 80 valence electrons. The highest BCUT2D eigenvalue weighted by molar-refractivity contribution is 5.76. The largest absolute Gasteiger partial charge is 0.421 e. The molecule has 2 rings (SSSR count). The molecule has 0 fully saturated rings. The summed E-state index contributed by atoms with van der Waals surface area (Å²) in [5.41, 5.74) is -0.263. The van der Waals surface area contributed by atoms with Gasteiger partial charge in [-0.2, -0.15) is 5.26 Å². The van der Waals surface area contributed by atoms with Crippen molar-refractivity contribution in [1.82, 2.24) is 4.57 Å². The van der Waals surface area contributed by atoms with E-state index < -0.39 is 5.63 Å². The van der Waals surface area contributed by atoms with Crippen LogP contribution in [0.15, 0.2) is 26.1 Å². The van der Waals surface area contributed by atoms with Gasteiger partial charge in [0.05, 0.1) is 5.39 Å². The lowest BCUT2D eigenvalue weighted by atomic mass is 10.2. The first-order chi connectivity index (χ1) is 7.54. The standard InChI is InChI=1S/C11H8N2O3/c1-6-3-9-8(10(14)13(6)2)4-7(5-12)11(15)16-9/h3-4H,1-2H3. The average molecular weight is 216 g/mol. The van der Waals surface area contributed by atoms with E-state index in [-0.39, 0.29) is 22.1 Å². The SMILES string of the molecule is Cc1cc2oc(=O)c(C#N)cc2c(=O)n1C. The van der Waals surface area contributed by atoms with E-state index >= 15 is 0 Å². The minimum atomic E-state index is -0.720. The molecule has 2 heterocycles. The zero-order valence-electron chi connectivity index (χ0n) is 8.77. The molecule has 0 saturated heterocycles. The van der Waals surface area contributed by atoms with Crippen molar-refractivity contribution < 1.29 is 4.42 Å². The molecule has 0 aliphatic heterocycles. The third kappa shape index (κ3) is 1.32. The highest BCUT2D eigenvalue weighted by atomic mass is 16.4. The van der Waals surface area contributed by atoms with E-state index in [1.165, 1.54) is 10.6 Å². The molecular formula is C11H8N2O3. The van der Waals surface area contributed by atoms with Crippen molar-refractivity contribution in [1.29, 1.82) is 5.26 Å². The first kappa shape index (κ1) is 10.2. The molecule has 0 amide bonds. The van der Waals surface area contributed by atoms with Crippen LogP contribution in [0.3, 0.4) is 0 Å². The van der Waals surface area contributed by atoms with Crippen molar-refractivity contribution in [3.8, 4) is 6.07 Å². The molecule has 0 spiro atoms. The Hall–Kier alpha value is -2.35. The van der Waals surface area contributed by atoms with E-state index in [0.717, 1.165) is 0 Å². The third-order valence-electron chi connectivity index (χ3n) is 2.50. The summed E-state index contributed by atoms with van der Waals surface area (Å²) in [6.45, 7) is 1.74. The number of nitrogens with zero attached hydrogens (tertiary/aromatic N) is 2. The number of nitriles is 1. The molecular weight excluding hydrogens is 208 g/mol. The van der Waals surface area contributed by atoms with Gasteiger partial charge in [0.1, 0.15) is 17.2 Å². The van der Waals surface area contributed by atoms with Gasteiger partial charge in [-0.25, -0.2) is 4.79 Å². The fourth-order valence-electron chi connectivity index (χ4n) is 1.46. The molecule has 0 saturated carbocycles. The fraction of sp³-hybridized carbons (Fsp3) is 0.182. The zero-order chi connectivity index (χ0) is 11.9. The van der Waals surface area contributed by atoms with Crippen molar-refractivity contribution in [3.63, 3.8) is 0 Å². The lowest BCUT2D eigenvalue weighted by Gasteiger charge is -2.04. The monoisotopic (exact) mass is 216 g/mol. The van der Waals surface area contributed by atoms with Gasteiger partial charge in [-0.1, -0.05) is 0 Å². The minimum absolute atomic E-state index is 0.159. The lowest BCUT2D eigenvalue weighted by molar-refractivity contribution is 0.556. The second kappa shape index (κ2) is 3.35. The molecule has 2 aromatic heterocycles. The van der Waals surface area contributed by atoms with E-state index in [4.69, 9.17) is 9.68 Å². The predicted octanol–water partition coefficient (Wildman–Crippen LogP) is 0.672. The summed E-state index contributed by atoms with van der Waals surface area (Å²) >= 11 is 0. The molecule has 5 heteroatoms. The van der Waals surface area contributed by atoms with Crippen LogP contribution in [-0.2, 0) is 7.05 Å². The van der Waals surface area contributed by atoms with E-state index in [2.05, 4.69) is 0 Å². The van der Waals surface area contributed by atoms with Crippen LogP contribution in [0.2, 0.25) is 0 Å². The Morgan fingerprint density at radius 3 is 2.69 bits per heavy atom. The molecule has 2 aromatic rings. The first-order valence-corrected chi connectivity index (χ1v) is 4.59. The number of rotatable bonds is 0. The average Bonchev–Trinajstić information content (AvgIpc) is 2.26. The summed E-state index contributed by atoms with van der Waals surface area (Å²) in [7, 11) is 1.62. The van der Waals surface area contributed by atoms with Gasteiger partial charge in [-0.15, -0.1) is 0 Å². The molecule has 0 atom stereocenters. The molecule has 0 aliphatic carbocycles. The molecule has 5 nitrogen and oxygen atoms in total. The Labute approximate surface area is 90.2 Å². The normalized spacial score (nSPS) is 10.3. The molecule has 0 unspecified atom stereocenters. The van der Waals surface area contributed by atoms with Gasteiger partial charge < -0.3 is 8.98 Å². The van der Waals surface area contributed by atoms with Gasteiger partial charge in [-0.05, 0) is 13.0 Å². The second-order valence-corrected chi connectivity index (χ2v) is 3.49. The van der Waals surface area contributed by atoms with E-state index in [0.29, 0.717) is 5.69 Å². The van der Waals surface area contributed by atoms with Gasteiger partial charge in [-0.3, -0.25) is 4.79 Å². The van der Waals surface area contributed by atoms with E-state index in [1.807, 2.05) is 0 Å². The van der Waals surface area contributed by atoms with Crippen molar-refractivity contribution in [3.05, 3.63) is 44.2 Å². The van der Waals surface area contributed by atoms with Crippen LogP contribution < -0.4 is 11.2 Å². The topological polar surface area (TPSA) is 76.0 Å². The molecule has 16 heavy (non-hydrogen) atoms. The maximum absolute atomic E-state index is 11.8. The number of pyridine rings is 1. The summed E-state index contributed by atoms with van der Waals surface area (Å²) in [6.07, 6.45) is 0. The summed E-state index contributed by atoms with van der Waals surface area (Å²) < 4.78 is 6.34. The van der Waals surface area contributed by atoms with Crippen LogP contribution in [0.4, 0.5) is 0 Å². The quantitative estimate of drug-likeness (QED) is 0.648. The minimum Gasteiger partial charge on any atom is -0.421 e. The maximum Gasteiger partial charge on any atom is 0.354 e. The smallest absolute Gasteiger partial charge is 0.354 e. The summed E-state index contributed by atoms with van der Waals surface area (Å²) in [6, 6.07) is 4.56. The number of aromatic nitrogens is 1. The van der Waals surface area contributed by atoms with E-state index in [1.54, 1.807) is 26.1 Å². The number of hydrogen-bond acceptors (Lipinski definition) is 4. The van der Waals surface area contributed by atoms with Crippen molar-refractivity contribution in [2.75, 3.05) is 0 Å². The van der Waals surface area contributed by atoms with Crippen LogP contribution in [-0.4, -0.2) is 4.57 Å².